The Kier molecular flexibility index (Phi) is 9.71. The number of halogens is 1. The van der Waals surface area contributed by atoms with Crippen LogP contribution in [0.1, 0.15) is 47.7 Å². The van der Waals surface area contributed by atoms with E-state index in [-0.39, 0.29) is 30.6 Å². The van der Waals surface area contributed by atoms with Crippen molar-refractivity contribution in [2.24, 2.45) is 0 Å². The van der Waals surface area contributed by atoms with Gasteiger partial charge in [-0.25, -0.2) is 4.39 Å². The van der Waals surface area contributed by atoms with Gasteiger partial charge in [-0.3, -0.25) is 9.59 Å². The number of benzene rings is 2. The summed E-state index contributed by atoms with van der Waals surface area (Å²) in [6.45, 7) is 6.09. The number of ether oxygens (including phenoxy) is 2. The Morgan fingerprint density at radius 1 is 1.03 bits per heavy atom. The molecule has 0 radical (unpaired) electrons. The van der Waals surface area contributed by atoms with Crippen LogP contribution in [0.2, 0.25) is 0 Å². The van der Waals surface area contributed by atoms with Crippen LogP contribution < -0.4 is 9.47 Å². The first-order valence-electron chi connectivity index (χ1n) is 12.4. The lowest BCUT2D eigenvalue weighted by Gasteiger charge is -2.31. The summed E-state index contributed by atoms with van der Waals surface area (Å²) in [5, 5.41) is 0. The fourth-order valence-corrected chi connectivity index (χ4v) is 4.03. The number of hydrogen-bond acceptors (Lipinski definition) is 5. The SMILES string of the molecule is CCC(C)N(CC(=O)N(CCc1ccc(OC)c(OC)c1)Cc1ccc(C)o1)C(=O)c1ccccc1F. The maximum Gasteiger partial charge on any atom is 0.257 e. The lowest BCUT2D eigenvalue weighted by Crippen LogP contribution is -2.47. The number of furan rings is 1. The molecule has 0 N–H and O–H groups in total. The van der Waals surface area contributed by atoms with Crippen LogP contribution in [-0.4, -0.2) is 55.0 Å². The molecule has 1 atom stereocenters. The third kappa shape index (κ3) is 7.12. The van der Waals surface area contributed by atoms with Crippen LogP contribution in [-0.2, 0) is 17.8 Å². The largest absolute Gasteiger partial charge is 0.493 e. The van der Waals surface area contributed by atoms with Gasteiger partial charge >= 0.3 is 0 Å². The van der Waals surface area contributed by atoms with Crippen molar-refractivity contribution in [1.29, 1.82) is 0 Å². The molecule has 0 aliphatic rings. The second kappa shape index (κ2) is 12.9. The molecule has 0 saturated heterocycles. The van der Waals surface area contributed by atoms with Crippen molar-refractivity contribution in [3.05, 3.63) is 83.1 Å². The average Bonchev–Trinajstić information content (AvgIpc) is 3.33. The van der Waals surface area contributed by atoms with Gasteiger partial charge in [0.05, 0.1) is 26.3 Å². The molecular formula is C29H35FN2O5. The van der Waals surface area contributed by atoms with Crippen molar-refractivity contribution < 1.29 is 27.9 Å². The van der Waals surface area contributed by atoms with Crippen LogP contribution >= 0.6 is 0 Å². The fourth-order valence-electron chi connectivity index (χ4n) is 4.03. The Hall–Kier alpha value is -3.81. The van der Waals surface area contributed by atoms with Gasteiger partial charge in [0.25, 0.3) is 5.91 Å². The summed E-state index contributed by atoms with van der Waals surface area (Å²) in [7, 11) is 3.15. The zero-order valence-corrected chi connectivity index (χ0v) is 22.1. The van der Waals surface area contributed by atoms with Gasteiger partial charge in [0, 0.05) is 12.6 Å². The molecule has 0 fully saturated rings. The highest BCUT2D eigenvalue weighted by atomic mass is 19.1. The zero-order chi connectivity index (χ0) is 26.9. The van der Waals surface area contributed by atoms with E-state index >= 15 is 0 Å². The molecular weight excluding hydrogens is 475 g/mol. The summed E-state index contributed by atoms with van der Waals surface area (Å²) in [5.74, 6) is 1.27. The topological polar surface area (TPSA) is 72.2 Å². The Morgan fingerprint density at radius 3 is 2.38 bits per heavy atom. The van der Waals surface area contributed by atoms with Gasteiger partial charge in [-0.1, -0.05) is 25.1 Å². The van der Waals surface area contributed by atoms with Gasteiger partial charge in [0.1, 0.15) is 23.9 Å². The van der Waals surface area contributed by atoms with Crippen molar-refractivity contribution in [1.82, 2.24) is 9.80 Å². The third-order valence-corrected chi connectivity index (χ3v) is 6.41. The summed E-state index contributed by atoms with van der Waals surface area (Å²) < 4.78 is 30.8. The van der Waals surface area contributed by atoms with Crippen LogP contribution in [0, 0.1) is 12.7 Å². The van der Waals surface area contributed by atoms with Crippen molar-refractivity contribution in [3.63, 3.8) is 0 Å². The van der Waals surface area contributed by atoms with E-state index in [0.29, 0.717) is 36.6 Å². The van der Waals surface area contributed by atoms with E-state index in [2.05, 4.69) is 0 Å². The molecule has 8 heteroatoms. The molecule has 2 amide bonds. The number of methoxy groups -OCH3 is 2. The summed E-state index contributed by atoms with van der Waals surface area (Å²) in [6, 6.07) is 14.9. The maximum absolute atomic E-state index is 14.4. The molecule has 0 bridgehead atoms. The second-order valence-electron chi connectivity index (χ2n) is 8.94. The van der Waals surface area contributed by atoms with Crippen molar-refractivity contribution >= 4 is 11.8 Å². The van der Waals surface area contributed by atoms with E-state index in [4.69, 9.17) is 13.9 Å². The molecule has 1 aromatic heterocycles. The summed E-state index contributed by atoms with van der Waals surface area (Å²) in [6.07, 6.45) is 1.17. The van der Waals surface area contributed by atoms with Crippen LogP contribution in [0.5, 0.6) is 11.5 Å². The van der Waals surface area contributed by atoms with Gasteiger partial charge in [0.15, 0.2) is 11.5 Å². The van der Waals surface area contributed by atoms with Crippen molar-refractivity contribution in [2.45, 2.75) is 46.2 Å². The fraction of sp³-hybridized carbons (Fsp3) is 0.379. The number of aryl methyl sites for hydroxylation is 1. The number of carbonyl (C=O) groups is 2. The smallest absolute Gasteiger partial charge is 0.257 e. The van der Waals surface area contributed by atoms with E-state index in [1.807, 2.05) is 51.1 Å². The third-order valence-electron chi connectivity index (χ3n) is 6.41. The van der Waals surface area contributed by atoms with Gasteiger partial charge in [-0.05, 0) is 68.7 Å². The van der Waals surface area contributed by atoms with Crippen molar-refractivity contribution in [3.8, 4) is 11.5 Å². The van der Waals surface area contributed by atoms with Gasteiger partial charge in [-0.15, -0.1) is 0 Å². The van der Waals surface area contributed by atoms with Gasteiger partial charge in [0.2, 0.25) is 5.91 Å². The monoisotopic (exact) mass is 510 g/mol. The molecule has 198 valence electrons. The Labute approximate surface area is 217 Å². The van der Waals surface area contributed by atoms with Crippen LogP contribution in [0.15, 0.2) is 59.0 Å². The Balaban J connectivity index is 1.83. The molecule has 0 aliphatic heterocycles. The molecule has 1 unspecified atom stereocenters. The Morgan fingerprint density at radius 2 is 1.76 bits per heavy atom. The average molecular weight is 511 g/mol. The van der Waals surface area contributed by atoms with E-state index < -0.39 is 11.7 Å². The lowest BCUT2D eigenvalue weighted by atomic mass is 10.1. The predicted molar refractivity (Wildman–Crippen MR) is 139 cm³/mol. The summed E-state index contributed by atoms with van der Waals surface area (Å²) >= 11 is 0. The Bertz CT molecular complexity index is 1210. The molecule has 0 spiro atoms. The normalized spacial score (nSPS) is 11.6. The quantitative estimate of drug-likeness (QED) is 0.333. The number of rotatable bonds is 12. The van der Waals surface area contributed by atoms with E-state index in [0.717, 1.165) is 11.3 Å². The second-order valence-corrected chi connectivity index (χ2v) is 8.94. The highest BCUT2D eigenvalue weighted by molar-refractivity contribution is 5.97. The minimum absolute atomic E-state index is 0.0471. The highest BCUT2D eigenvalue weighted by Crippen LogP contribution is 2.28. The number of carbonyl (C=O) groups excluding carboxylic acids is 2. The molecule has 3 aromatic rings. The minimum Gasteiger partial charge on any atom is -0.493 e. The summed E-state index contributed by atoms with van der Waals surface area (Å²) in [4.78, 5) is 30.0. The van der Waals surface area contributed by atoms with Gasteiger partial charge in [-0.2, -0.15) is 0 Å². The standard InChI is InChI=1S/C29H35FN2O5/c1-6-20(2)32(29(34)24-9-7-8-10-25(24)30)19-28(33)31(18-23-13-11-21(3)37-23)16-15-22-12-14-26(35-4)27(17-22)36-5/h7-14,17,20H,6,15-16,18-19H2,1-5H3. The van der Waals surface area contributed by atoms with Crippen LogP contribution in [0.4, 0.5) is 4.39 Å². The van der Waals surface area contributed by atoms with Gasteiger partial charge < -0.3 is 23.7 Å². The highest BCUT2D eigenvalue weighted by Gasteiger charge is 2.27. The van der Waals surface area contributed by atoms with E-state index in [9.17, 15) is 14.0 Å². The van der Waals surface area contributed by atoms with Crippen LogP contribution in [0.3, 0.4) is 0 Å². The molecule has 1 heterocycles. The number of amides is 2. The molecule has 3 rings (SSSR count). The first-order valence-corrected chi connectivity index (χ1v) is 12.4. The minimum atomic E-state index is -0.607. The summed E-state index contributed by atoms with van der Waals surface area (Å²) in [5.41, 5.74) is 0.918. The number of hydrogen-bond donors (Lipinski definition) is 0. The van der Waals surface area contributed by atoms with Crippen molar-refractivity contribution in [2.75, 3.05) is 27.3 Å². The predicted octanol–water partition coefficient (Wildman–Crippen LogP) is 5.26. The lowest BCUT2D eigenvalue weighted by molar-refractivity contribution is -0.133. The molecule has 7 nitrogen and oxygen atoms in total. The molecule has 2 aromatic carbocycles. The van der Waals surface area contributed by atoms with E-state index in [1.165, 1.54) is 23.1 Å². The van der Waals surface area contributed by atoms with Crippen LogP contribution in [0.25, 0.3) is 0 Å². The number of nitrogens with zero attached hydrogens (tertiary/aromatic N) is 2. The molecule has 0 aliphatic carbocycles. The molecule has 0 saturated carbocycles. The van der Waals surface area contributed by atoms with E-state index in [1.54, 1.807) is 25.2 Å². The molecule has 37 heavy (non-hydrogen) atoms. The zero-order valence-electron chi connectivity index (χ0n) is 22.1. The first-order chi connectivity index (χ1) is 17.8. The first kappa shape index (κ1) is 27.8. The maximum atomic E-state index is 14.4.